The lowest BCUT2D eigenvalue weighted by atomic mass is 9.98. The Balaban J connectivity index is 3.34. The molecule has 3 heteroatoms. The first-order valence-corrected chi connectivity index (χ1v) is 5.09. The second-order valence-electron chi connectivity index (χ2n) is 3.15. The molecule has 0 aliphatic heterocycles. The highest BCUT2D eigenvalue weighted by Gasteiger charge is 2.12. The molecule has 0 aromatic heterocycles. The van der Waals surface area contributed by atoms with Crippen molar-refractivity contribution >= 4 is 22.5 Å². The summed E-state index contributed by atoms with van der Waals surface area (Å²) in [7, 11) is 0. The molecule has 0 aliphatic carbocycles. The molecular weight excluding hydrogens is 198 g/mol. The number of hydrogen-bond acceptors (Lipinski definition) is 2. The van der Waals surface area contributed by atoms with Crippen molar-refractivity contribution in [3.63, 3.8) is 0 Å². The first kappa shape index (κ1) is 11.1. The van der Waals surface area contributed by atoms with Gasteiger partial charge in [0.2, 0.25) is 0 Å². The van der Waals surface area contributed by atoms with Crippen LogP contribution in [0, 0.1) is 0 Å². The van der Waals surface area contributed by atoms with E-state index in [1.165, 1.54) is 5.56 Å². The molecule has 2 N–H and O–H groups in total. The van der Waals surface area contributed by atoms with Gasteiger partial charge in [-0.3, -0.25) is 4.79 Å². The van der Waals surface area contributed by atoms with Crippen LogP contribution in [0.5, 0.6) is 0 Å². The Labute approximate surface area is 89.1 Å². The predicted octanol–water partition coefficient (Wildman–Crippen LogP) is 2.77. The van der Waals surface area contributed by atoms with Crippen LogP contribution in [0.3, 0.4) is 0 Å². The maximum Gasteiger partial charge on any atom is 0.254 e. The van der Waals surface area contributed by atoms with E-state index in [-0.39, 0.29) is 0 Å². The van der Waals surface area contributed by atoms with E-state index in [4.69, 9.17) is 17.3 Å². The third-order valence-corrected chi connectivity index (χ3v) is 2.60. The molecule has 76 valence electrons. The highest BCUT2D eigenvalue weighted by molar-refractivity contribution is 6.68. The van der Waals surface area contributed by atoms with Crippen LogP contribution in [0.25, 0.3) is 0 Å². The minimum atomic E-state index is -0.486. The number of carbonyl (C=O) groups is 1. The fraction of sp³-hybridized carbons (Fsp3) is 0.364. The van der Waals surface area contributed by atoms with Gasteiger partial charge in [-0.1, -0.05) is 19.9 Å². The van der Waals surface area contributed by atoms with E-state index >= 15 is 0 Å². The van der Waals surface area contributed by atoms with Gasteiger partial charge in [0.25, 0.3) is 5.24 Å². The zero-order valence-corrected chi connectivity index (χ0v) is 9.19. The van der Waals surface area contributed by atoms with E-state index < -0.39 is 5.24 Å². The summed E-state index contributed by atoms with van der Waals surface area (Å²) < 4.78 is 0. The number of anilines is 1. The van der Waals surface area contributed by atoms with Gasteiger partial charge in [-0.05, 0) is 41.6 Å². The first-order valence-electron chi connectivity index (χ1n) is 4.71. The molecule has 0 aliphatic rings. The fourth-order valence-corrected chi connectivity index (χ4v) is 1.79. The molecular formula is C11H14ClNO. The van der Waals surface area contributed by atoms with Gasteiger partial charge < -0.3 is 5.73 Å². The molecule has 0 saturated carbocycles. The van der Waals surface area contributed by atoms with E-state index in [9.17, 15) is 4.79 Å². The lowest BCUT2D eigenvalue weighted by Gasteiger charge is -2.11. The maximum absolute atomic E-state index is 11.0. The summed E-state index contributed by atoms with van der Waals surface area (Å²) in [5.41, 5.74) is 9.04. The van der Waals surface area contributed by atoms with Crippen molar-refractivity contribution in [2.24, 2.45) is 0 Å². The Bertz CT molecular complexity index is 361. The summed E-state index contributed by atoms with van der Waals surface area (Å²) in [6.45, 7) is 4.09. The number of hydrogen-bond donors (Lipinski definition) is 1. The standard InChI is InChI=1S/C11H14ClNO/c1-3-7-5-6-9(11(12)14)10(13)8(7)4-2/h5-6H,3-4,13H2,1-2H3. The molecule has 0 unspecified atom stereocenters. The van der Waals surface area contributed by atoms with Gasteiger partial charge in [0.05, 0.1) is 5.56 Å². The number of carbonyl (C=O) groups excluding carboxylic acids is 1. The Kier molecular flexibility index (Phi) is 3.53. The van der Waals surface area contributed by atoms with Gasteiger partial charge in [-0.2, -0.15) is 0 Å². The maximum atomic E-state index is 11.0. The van der Waals surface area contributed by atoms with E-state index in [1.54, 1.807) is 6.07 Å². The van der Waals surface area contributed by atoms with Crippen molar-refractivity contribution in [1.82, 2.24) is 0 Å². The zero-order chi connectivity index (χ0) is 10.7. The summed E-state index contributed by atoms with van der Waals surface area (Å²) in [5.74, 6) is 0. The smallest absolute Gasteiger partial charge is 0.254 e. The normalized spacial score (nSPS) is 10.2. The molecule has 0 atom stereocenters. The largest absolute Gasteiger partial charge is 0.398 e. The second-order valence-corrected chi connectivity index (χ2v) is 3.49. The van der Waals surface area contributed by atoms with Gasteiger partial charge in [0, 0.05) is 5.69 Å². The van der Waals surface area contributed by atoms with Crippen LogP contribution in [0.15, 0.2) is 12.1 Å². The third kappa shape index (κ3) is 1.90. The lowest BCUT2D eigenvalue weighted by Crippen LogP contribution is -2.04. The topological polar surface area (TPSA) is 43.1 Å². The predicted molar refractivity (Wildman–Crippen MR) is 59.8 cm³/mol. The molecule has 1 rings (SSSR count). The van der Waals surface area contributed by atoms with Crippen LogP contribution in [-0.2, 0) is 12.8 Å². The molecule has 0 saturated heterocycles. The number of nitrogens with two attached hydrogens (primary N) is 1. The summed E-state index contributed by atoms with van der Waals surface area (Å²) in [6.07, 6.45) is 1.75. The van der Waals surface area contributed by atoms with E-state index in [2.05, 4.69) is 6.92 Å². The number of halogens is 1. The van der Waals surface area contributed by atoms with Gasteiger partial charge in [-0.15, -0.1) is 0 Å². The Morgan fingerprint density at radius 3 is 2.43 bits per heavy atom. The molecule has 0 heterocycles. The molecule has 0 amide bonds. The summed E-state index contributed by atoms with van der Waals surface area (Å²) in [4.78, 5) is 11.0. The van der Waals surface area contributed by atoms with Crippen molar-refractivity contribution < 1.29 is 4.79 Å². The number of benzene rings is 1. The summed E-state index contributed by atoms with van der Waals surface area (Å²) in [6, 6.07) is 3.62. The average molecular weight is 212 g/mol. The Morgan fingerprint density at radius 1 is 1.36 bits per heavy atom. The zero-order valence-electron chi connectivity index (χ0n) is 8.43. The van der Waals surface area contributed by atoms with Crippen LogP contribution in [0.1, 0.15) is 35.3 Å². The summed E-state index contributed by atoms with van der Waals surface area (Å²) >= 11 is 5.41. The summed E-state index contributed by atoms with van der Waals surface area (Å²) in [5, 5.41) is -0.486. The third-order valence-electron chi connectivity index (χ3n) is 2.40. The van der Waals surface area contributed by atoms with Crippen molar-refractivity contribution in [2.75, 3.05) is 5.73 Å². The van der Waals surface area contributed by atoms with E-state index in [0.717, 1.165) is 18.4 Å². The fourth-order valence-electron chi connectivity index (χ4n) is 1.63. The number of rotatable bonds is 3. The molecule has 0 spiro atoms. The molecule has 0 bridgehead atoms. The average Bonchev–Trinajstić information content (AvgIpc) is 2.16. The van der Waals surface area contributed by atoms with Crippen molar-refractivity contribution in [1.29, 1.82) is 0 Å². The molecule has 2 nitrogen and oxygen atoms in total. The number of nitrogen functional groups attached to an aromatic ring is 1. The number of aryl methyl sites for hydroxylation is 1. The monoisotopic (exact) mass is 211 g/mol. The van der Waals surface area contributed by atoms with Crippen molar-refractivity contribution in [3.8, 4) is 0 Å². The first-order chi connectivity index (χ1) is 6.61. The van der Waals surface area contributed by atoms with Crippen LogP contribution < -0.4 is 5.73 Å². The highest BCUT2D eigenvalue weighted by atomic mass is 35.5. The van der Waals surface area contributed by atoms with Gasteiger partial charge in [-0.25, -0.2) is 0 Å². The van der Waals surface area contributed by atoms with Crippen molar-refractivity contribution in [3.05, 3.63) is 28.8 Å². The van der Waals surface area contributed by atoms with E-state index in [0.29, 0.717) is 11.3 Å². The molecule has 0 fully saturated rings. The van der Waals surface area contributed by atoms with Gasteiger partial charge in [0.15, 0.2) is 0 Å². The Morgan fingerprint density at radius 2 is 2.00 bits per heavy atom. The molecule has 14 heavy (non-hydrogen) atoms. The van der Waals surface area contributed by atoms with Crippen LogP contribution in [0.4, 0.5) is 5.69 Å². The minimum Gasteiger partial charge on any atom is -0.398 e. The second kappa shape index (κ2) is 4.47. The van der Waals surface area contributed by atoms with Crippen LogP contribution in [0.2, 0.25) is 0 Å². The quantitative estimate of drug-likeness (QED) is 0.617. The lowest BCUT2D eigenvalue weighted by molar-refractivity contribution is 0.108. The molecule has 0 radical (unpaired) electrons. The van der Waals surface area contributed by atoms with Crippen molar-refractivity contribution in [2.45, 2.75) is 26.7 Å². The van der Waals surface area contributed by atoms with Gasteiger partial charge in [0.1, 0.15) is 0 Å². The molecule has 1 aromatic carbocycles. The highest BCUT2D eigenvalue weighted by Crippen LogP contribution is 2.24. The van der Waals surface area contributed by atoms with Crippen LogP contribution >= 0.6 is 11.6 Å². The van der Waals surface area contributed by atoms with Crippen LogP contribution in [-0.4, -0.2) is 5.24 Å². The Hall–Kier alpha value is -1.02. The van der Waals surface area contributed by atoms with E-state index in [1.807, 2.05) is 13.0 Å². The van der Waals surface area contributed by atoms with Gasteiger partial charge >= 0.3 is 0 Å². The SMILES string of the molecule is CCc1ccc(C(=O)Cl)c(N)c1CC. The minimum absolute atomic E-state index is 0.417. The molecule has 1 aromatic rings.